The van der Waals surface area contributed by atoms with Crippen molar-refractivity contribution in [2.75, 3.05) is 12.3 Å². The molecule has 0 fully saturated rings. The monoisotopic (exact) mass is 195 g/mol. The smallest absolute Gasteiger partial charge is 0.144 e. The molecule has 13 heavy (non-hydrogen) atoms. The largest absolute Gasteiger partial charge is 0.397 e. The van der Waals surface area contributed by atoms with Crippen LogP contribution in [0.1, 0.15) is 12.0 Å². The first-order valence-corrected chi connectivity index (χ1v) is 4.22. The van der Waals surface area contributed by atoms with E-state index in [-0.39, 0.29) is 0 Å². The van der Waals surface area contributed by atoms with Gasteiger partial charge in [-0.25, -0.2) is 4.98 Å². The number of pyridine rings is 1. The zero-order valence-electron chi connectivity index (χ0n) is 7.05. The highest BCUT2D eigenvalue weighted by Gasteiger charge is 1.97. The lowest BCUT2D eigenvalue weighted by Crippen LogP contribution is -1.95. The summed E-state index contributed by atoms with van der Waals surface area (Å²) in [5.41, 5.74) is 12.0. The maximum absolute atomic E-state index is 5.77. The van der Waals surface area contributed by atoms with Gasteiger partial charge in [-0.3, -0.25) is 0 Å². The van der Waals surface area contributed by atoms with Crippen molar-refractivity contribution in [3.8, 4) is 11.8 Å². The maximum atomic E-state index is 5.77. The summed E-state index contributed by atoms with van der Waals surface area (Å²) >= 11 is 5.77. The van der Waals surface area contributed by atoms with Gasteiger partial charge in [0.2, 0.25) is 0 Å². The van der Waals surface area contributed by atoms with Crippen LogP contribution in [-0.4, -0.2) is 11.5 Å². The Kier molecular flexibility index (Phi) is 3.56. The van der Waals surface area contributed by atoms with E-state index in [1.54, 1.807) is 6.07 Å². The minimum absolute atomic E-state index is 0.374. The second-order valence-corrected chi connectivity index (χ2v) is 2.81. The molecule has 68 valence electrons. The van der Waals surface area contributed by atoms with Crippen molar-refractivity contribution in [3.63, 3.8) is 0 Å². The van der Waals surface area contributed by atoms with Gasteiger partial charge in [0.15, 0.2) is 0 Å². The van der Waals surface area contributed by atoms with Crippen molar-refractivity contribution in [1.82, 2.24) is 4.98 Å². The molecule has 1 heterocycles. The van der Waals surface area contributed by atoms with Crippen LogP contribution < -0.4 is 11.5 Å². The van der Waals surface area contributed by atoms with Crippen molar-refractivity contribution in [2.24, 2.45) is 5.73 Å². The Bertz CT molecular complexity index is 352. The number of nitrogens with two attached hydrogens (primary N) is 2. The fourth-order valence-electron chi connectivity index (χ4n) is 0.782. The van der Waals surface area contributed by atoms with Crippen LogP contribution in [0.2, 0.25) is 5.15 Å². The first-order chi connectivity index (χ1) is 6.24. The predicted octanol–water partition coefficient (Wildman–Crippen LogP) is 1.02. The minimum atomic E-state index is 0.374. The average Bonchev–Trinajstić information content (AvgIpc) is 2.11. The van der Waals surface area contributed by atoms with Crippen LogP contribution in [0.3, 0.4) is 0 Å². The second kappa shape index (κ2) is 4.70. The molecule has 1 aromatic rings. The van der Waals surface area contributed by atoms with E-state index in [0.29, 0.717) is 29.4 Å². The number of rotatable bonds is 1. The normalized spacial score (nSPS) is 9.08. The van der Waals surface area contributed by atoms with Crippen LogP contribution in [0.4, 0.5) is 5.69 Å². The van der Waals surface area contributed by atoms with Crippen LogP contribution in [0.25, 0.3) is 0 Å². The Hall–Kier alpha value is -1.24. The third-order valence-corrected chi connectivity index (χ3v) is 1.65. The van der Waals surface area contributed by atoms with Gasteiger partial charge >= 0.3 is 0 Å². The molecular formula is C9H10ClN3. The quantitative estimate of drug-likeness (QED) is 0.520. The Morgan fingerprint density at radius 2 is 2.31 bits per heavy atom. The molecule has 4 N–H and O–H groups in total. The molecule has 0 unspecified atom stereocenters. The first kappa shape index (κ1) is 9.85. The van der Waals surface area contributed by atoms with Gasteiger partial charge in [0, 0.05) is 13.0 Å². The van der Waals surface area contributed by atoms with Gasteiger partial charge in [-0.05, 0) is 6.07 Å². The molecule has 0 saturated carbocycles. The summed E-state index contributed by atoms with van der Waals surface area (Å²) in [7, 11) is 0. The van der Waals surface area contributed by atoms with E-state index < -0.39 is 0 Å². The third-order valence-electron chi connectivity index (χ3n) is 1.35. The molecular weight excluding hydrogens is 186 g/mol. The predicted molar refractivity (Wildman–Crippen MR) is 54.2 cm³/mol. The lowest BCUT2D eigenvalue weighted by atomic mass is 10.2. The minimum Gasteiger partial charge on any atom is -0.397 e. The van der Waals surface area contributed by atoms with Crippen LogP contribution in [-0.2, 0) is 0 Å². The van der Waals surface area contributed by atoms with Crippen LogP contribution >= 0.6 is 11.6 Å². The lowest BCUT2D eigenvalue weighted by Gasteiger charge is -1.95. The molecule has 0 atom stereocenters. The third kappa shape index (κ3) is 2.94. The summed E-state index contributed by atoms with van der Waals surface area (Å²) in [5, 5.41) is 0.374. The highest BCUT2D eigenvalue weighted by molar-refractivity contribution is 6.30. The number of nitrogens with zero attached hydrogens (tertiary/aromatic N) is 1. The fraction of sp³-hybridized carbons (Fsp3) is 0.222. The summed E-state index contributed by atoms with van der Waals surface area (Å²) < 4.78 is 0. The zero-order valence-corrected chi connectivity index (χ0v) is 7.80. The Labute approximate surface area is 82.1 Å². The molecule has 0 amide bonds. The number of anilines is 1. The summed E-state index contributed by atoms with van der Waals surface area (Å²) in [4.78, 5) is 3.86. The van der Waals surface area contributed by atoms with E-state index in [1.807, 2.05) is 0 Å². The molecule has 4 heteroatoms. The Morgan fingerprint density at radius 3 is 3.00 bits per heavy atom. The molecule has 0 aliphatic rings. The van der Waals surface area contributed by atoms with Crippen molar-refractivity contribution in [3.05, 3.63) is 23.0 Å². The first-order valence-electron chi connectivity index (χ1n) is 3.84. The zero-order chi connectivity index (χ0) is 9.68. The molecule has 0 saturated heterocycles. The molecule has 0 aliphatic carbocycles. The summed E-state index contributed by atoms with van der Waals surface area (Å²) in [6, 6.07) is 1.69. The number of hydrogen-bond donors (Lipinski definition) is 2. The van der Waals surface area contributed by atoms with Crippen LogP contribution in [0.15, 0.2) is 12.3 Å². The van der Waals surface area contributed by atoms with E-state index in [9.17, 15) is 0 Å². The SMILES string of the molecule is NCCC#Cc1cc(N)cnc1Cl. The highest BCUT2D eigenvalue weighted by Crippen LogP contribution is 2.13. The summed E-state index contributed by atoms with van der Waals surface area (Å²) in [6.45, 7) is 0.542. The highest BCUT2D eigenvalue weighted by atomic mass is 35.5. The van der Waals surface area contributed by atoms with Gasteiger partial charge < -0.3 is 11.5 Å². The van der Waals surface area contributed by atoms with Crippen molar-refractivity contribution in [1.29, 1.82) is 0 Å². The molecule has 0 aromatic carbocycles. The van der Waals surface area contributed by atoms with Gasteiger partial charge in [-0.2, -0.15) is 0 Å². The van der Waals surface area contributed by atoms with E-state index in [2.05, 4.69) is 16.8 Å². The number of hydrogen-bond acceptors (Lipinski definition) is 3. The molecule has 1 rings (SSSR count). The summed E-state index contributed by atoms with van der Waals surface area (Å²) in [6.07, 6.45) is 2.14. The van der Waals surface area contributed by atoms with Crippen molar-refractivity contribution in [2.45, 2.75) is 6.42 Å². The Balaban J connectivity index is 2.89. The summed E-state index contributed by atoms with van der Waals surface area (Å²) in [5.74, 6) is 5.71. The Morgan fingerprint density at radius 1 is 1.54 bits per heavy atom. The number of nitrogen functional groups attached to an aromatic ring is 1. The van der Waals surface area contributed by atoms with Crippen LogP contribution in [0.5, 0.6) is 0 Å². The molecule has 0 aliphatic heterocycles. The van der Waals surface area contributed by atoms with Gasteiger partial charge in [-0.1, -0.05) is 23.4 Å². The average molecular weight is 196 g/mol. The maximum Gasteiger partial charge on any atom is 0.144 e. The van der Waals surface area contributed by atoms with Crippen molar-refractivity contribution < 1.29 is 0 Å². The van der Waals surface area contributed by atoms with E-state index in [0.717, 1.165) is 0 Å². The number of halogens is 1. The molecule has 0 radical (unpaired) electrons. The van der Waals surface area contributed by atoms with E-state index in [1.165, 1.54) is 6.20 Å². The molecule has 3 nitrogen and oxygen atoms in total. The van der Waals surface area contributed by atoms with Gasteiger partial charge in [0.05, 0.1) is 17.4 Å². The molecule has 0 spiro atoms. The van der Waals surface area contributed by atoms with Crippen molar-refractivity contribution >= 4 is 17.3 Å². The molecule has 1 aromatic heterocycles. The van der Waals surface area contributed by atoms with Gasteiger partial charge in [0.1, 0.15) is 5.15 Å². The number of aromatic nitrogens is 1. The van der Waals surface area contributed by atoms with Gasteiger partial charge in [0.25, 0.3) is 0 Å². The second-order valence-electron chi connectivity index (χ2n) is 2.45. The van der Waals surface area contributed by atoms with E-state index in [4.69, 9.17) is 23.1 Å². The standard InChI is InChI=1S/C9H10ClN3/c10-9-7(3-1-2-4-11)5-8(12)6-13-9/h5-6H,2,4,11-12H2. The van der Waals surface area contributed by atoms with Gasteiger partial charge in [-0.15, -0.1) is 0 Å². The van der Waals surface area contributed by atoms with Crippen LogP contribution in [0, 0.1) is 11.8 Å². The van der Waals surface area contributed by atoms with E-state index >= 15 is 0 Å². The lowest BCUT2D eigenvalue weighted by molar-refractivity contribution is 1.03. The fourth-order valence-corrected chi connectivity index (χ4v) is 0.932. The topological polar surface area (TPSA) is 64.9 Å². The molecule has 0 bridgehead atoms.